The largest absolute Gasteiger partial charge is 0.492 e. The first-order chi connectivity index (χ1) is 12.7. The van der Waals surface area contributed by atoms with Crippen molar-refractivity contribution in [1.82, 2.24) is 16.0 Å². The highest BCUT2D eigenvalue weighted by Crippen LogP contribution is 2.14. The number of amides is 1. The summed E-state index contributed by atoms with van der Waals surface area (Å²) < 4.78 is 36.4. The number of carbonyl (C=O) groups is 1. The van der Waals surface area contributed by atoms with Crippen LogP contribution in [0.1, 0.15) is 27.7 Å². The van der Waals surface area contributed by atoms with Gasteiger partial charge in [-0.15, -0.1) is 24.0 Å². The molecule has 0 fully saturated rings. The average Bonchev–Trinajstić information content (AvgIpc) is 2.57. The van der Waals surface area contributed by atoms with Crippen molar-refractivity contribution >= 4 is 36.0 Å². The Balaban J connectivity index is 0.00000729. The second-order valence-electron chi connectivity index (χ2n) is 6.54. The van der Waals surface area contributed by atoms with Crippen molar-refractivity contribution in [3.63, 3.8) is 0 Å². The summed E-state index contributed by atoms with van der Waals surface area (Å²) in [4.78, 5) is 15.9. The van der Waals surface area contributed by atoms with E-state index in [0.717, 1.165) is 12.1 Å². The molecule has 10 heteroatoms. The SMILES string of the molecule is CCNC(=NCCNC(=O)OC(C)(C)C)NCCOc1ccc(F)c(F)c1.I. The Hall–Kier alpha value is -1.85. The number of halogens is 3. The van der Waals surface area contributed by atoms with Gasteiger partial charge in [-0.05, 0) is 39.8 Å². The van der Waals surface area contributed by atoms with E-state index >= 15 is 0 Å². The van der Waals surface area contributed by atoms with Crippen molar-refractivity contribution in [3.05, 3.63) is 29.8 Å². The molecular weight excluding hydrogens is 485 g/mol. The Morgan fingerprint density at radius 2 is 1.82 bits per heavy atom. The second kappa shape index (κ2) is 13.3. The lowest BCUT2D eigenvalue weighted by Crippen LogP contribution is -2.40. The van der Waals surface area contributed by atoms with E-state index in [2.05, 4.69) is 20.9 Å². The van der Waals surface area contributed by atoms with Crippen molar-refractivity contribution < 1.29 is 23.0 Å². The first-order valence-electron chi connectivity index (χ1n) is 8.78. The maximum Gasteiger partial charge on any atom is 0.407 e. The molecule has 0 aliphatic heterocycles. The number of hydrogen-bond acceptors (Lipinski definition) is 4. The zero-order valence-corrected chi connectivity index (χ0v) is 18.9. The predicted molar refractivity (Wildman–Crippen MR) is 115 cm³/mol. The molecule has 0 aliphatic carbocycles. The predicted octanol–water partition coefficient (Wildman–Crippen LogP) is 3.04. The molecule has 0 radical (unpaired) electrons. The van der Waals surface area contributed by atoms with Gasteiger partial charge in [0.05, 0.1) is 13.1 Å². The highest BCUT2D eigenvalue weighted by atomic mass is 127. The van der Waals surface area contributed by atoms with Crippen LogP contribution in [0.25, 0.3) is 0 Å². The Bertz CT molecular complexity index is 640. The number of alkyl carbamates (subject to hydrolysis) is 1. The number of benzene rings is 1. The summed E-state index contributed by atoms with van der Waals surface area (Å²) >= 11 is 0. The van der Waals surface area contributed by atoms with Gasteiger partial charge < -0.3 is 25.4 Å². The minimum absolute atomic E-state index is 0. The van der Waals surface area contributed by atoms with Gasteiger partial charge in [-0.25, -0.2) is 13.6 Å². The van der Waals surface area contributed by atoms with E-state index in [1.54, 1.807) is 20.8 Å². The first kappa shape index (κ1) is 26.1. The standard InChI is InChI=1S/C18H28F2N4O3.HI/c1-5-21-16(22-8-9-24-17(25)27-18(2,3)4)23-10-11-26-13-6-7-14(19)15(20)12-13;/h6-7,12H,5,8-11H2,1-4H3,(H,24,25)(H2,21,22,23);1H. The van der Waals surface area contributed by atoms with Crippen molar-refractivity contribution in [2.75, 3.05) is 32.8 Å². The summed E-state index contributed by atoms with van der Waals surface area (Å²) in [6.45, 7) is 9.30. The number of nitrogens with zero attached hydrogens (tertiary/aromatic N) is 1. The van der Waals surface area contributed by atoms with E-state index in [4.69, 9.17) is 9.47 Å². The number of nitrogens with one attached hydrogen (secondary N) is 3. The van der Waals surface area contributed by atoms with Crippen LogP contribution in [-0.2, 0) is 4.74 Å². The Morgan fingerprint density at radius 1 is 1.11 bits per heavy atom. The maximum atomic E-state index is 13.1. The van der Waals surface area contributed by atoms with Gasteiger partial charge in [-0.3, -0.25) is 4.99 Å². The molecule has 0 heterocycles. The van der Waals surface area contributed by atoms with Gasteiger partial charge in [0.25, 0.3) is 0 Å². The van der Waals surface area contributed by atoms with E-state index in [0.29, 0.717) is 32.1 Å². The summed E-state index contributed by atoms with van der Waals surface area (Å²) in [5.41, 5.74) is -0.544. The third kappa shape index (κ3) is 11.8. The quantitative estimate of drug-likeness (QED) is 0.215. The van der Waals surface area contributed by atoms with Crippen LogP contribution in [-0.4, -0.2) is 50.4 Å². The molecule has 1 aromatic carbocycles. The molecule has 0 unspecified atom stereocenters. The topological polar surface area (TPSA) is 84.0 Å². The maximum absolute atomic E-state index is 13.1. The molecule has 0 saturated carbocycles. The molecule has 3 N–H and O–H groups in total. The number of guanidine groups is 1. The first-order valence-corrected chi connectivity index (χ1v) is 8.78. The van der Waals surface area contributed by atoms with E-state index in [1.807, 2.05) is 6.92 Å². The lowest BCUT2D eigenvalue weighted by atomic mass is 10.2. The molecule has 0 atom stereocenters. The number of carbonyl (C=O) groups excluding carboxylic acids is 1. The van der Waals surface area contributed by atoms with Crippen LogP contribution < -0.4 is 20.7 Å². The van der Waals surface area contributed by atoms with Crippen molar-refractivity contribution in [1.29, 1.82) is 0 Å². The van der Waals surface area contributed by atoms with E-state index in [-0.39, 0.29) is 36.3 Å². The van der Waals surface area contributed by atoms with Crippen LogP contribution in [0.5, 0.6) is 5.75 Å². The number of aliphatic imine (C=N–C) groups is 1. The molecule has 0 bridgehead atoms. The van der Waals surface area contributed by atoms with Gasteiger partial charge in [0.15, 0.2) is 17.6 Å². The van der Waals surface area contributed by atoms with Gasteiger partial charge in [0.1, 0.15) is 18.0 Å². The minimum atomic E-state index is -0.951. The molecule has 1 aromatic rings. The van der Waals surface area contributed by atoms with E-state index < -0.39 is 23.3 Å². The fourth-order valence-electron chi connectivity index (χ4n) is 1.89. The van der Waals surface area contributed by atoms with E-state index in [9.17, 15) is 13.6 Å². The van der Waals surface area contributed by atoms with Crippen LogP contribution in [0.4, 0.5) is 13.6 Å². The third-order valence-corrected chi connectivity index (χ3v) is 2.95. The number of ether oxygens (including phenoxy) is 2. The average molecular weight is 514 g/mol. The summed E-state index contributed by atoms with van der Waals surface area (Å²) in [5, 5.41) is 8.72. The van der Waals surface area contributed by atoms with Gasteiger partial charge in [0.2, 0.25) is 0 Å². The molecular formula is C18H29F2IN4O3. The third-order valence-electron chi connectivity index (χ3n) is 2.95. The van der Waals surface area contributed by atoms with Gasteiger partial charge in [0, 0.05) is 19.2 Å². The van der Waals surface area contributed by atoms with Gasteiger partial charge in [-0.2, -0.15) is 0 Å². The lowest BCUT2D eigenvalue weighted by Gasteiger charge is -2.19. The molecule has 1 rings (SSSR count). The fraction of sp³-hybridized carbons (Fsp3) is 0.556. The zero-order valence-electron chi connectivity index (χ0n) is 16.6. The van der Waals surface area contributed by atoms with Gasteiger partial charge in [-0.1, -0.05) is 0 Å². The zero-order chi connectivity index (χ0) is 20.3. The second-order valence-corrected chi connectivity index (χ2v) is 6.54. The summed E-state index contributed by atoms with van der Waals surface area (Å²) in [6.07, 6.45) is -0.490. The molecule has 160 valence electrons. The monoisotopic (exact) mass is 514 g/mol. The van der Waals surface area contributed by atoms with Gasteiger partial charge >= 0.3 is 6.09 Å². The molecule has 28 heavy (non-hydrogen) atoms. The molecule has 0 aromatic heterocycles. The molecule has 0 spiro atoms. The molecule has 0 saturated heterocycles. The molecule has 0 aliphatic rings. The summed E-state index contributed by atoms with van der Waals surface area (Å²) in [6, 6.07) is 3.37. The summed E-state index contributed by atoms with van der Waals surface area (Å²) in [7, 11) is 0. The Morgan fingerprint density at radius 3 is 2.43 bits per heavy atom. The van der Waals surface area contributed by atoms with Crippen molar-refractivity contribution in [2.24, 2.45) is 4.99 Å². The normalized spacial score (nSPS) is 11.3. The van der Waals surface area contributed by atoms with Crippen molar-refractivity contribution in [2.45, 2.75) is 33.3 Å². The van der Waals surface area contributed by atoms with Crippen LogP contribution in [0.3, 0.4) is 0 Å². The van der Waals surface area contributed by atoms with Crippen LogP contribution in [0, 0.1) is 11.6 Å². The van der Waals surface area contributed by atoms with Crippen molar-refractivity contribution in [3.8, 4) is 5.75 Å². The van der Waals surface area contributed by atoms with Crippen LogP contribution >= 0.6 is 24.0 Å². The molecule has 1 amide bonds. The number of hydrogen-bond donors (Lipinski definition) is 3. The Labute approximate surface area is 181 Å². The smallest absolute Gasteiger partial charge is 0.407 e. The van der Waals surface area contributed by atoms with Crippen LogP contribution in [0.2, 0.25) is 0 Å². The summed E-state index contributed by atoms with van der Waals surface area (Å²) in [5.74, 6) is -1.06. The highest BCUT2D eigenvalue weighted by Gasteiger charge is 2.15. The minimum Gasteiger partial charge on any atom is -0.492 e. The van der Waals surface area contributed by atoms with E-state index in [1.165, 1.54) is 6.07 Å². The fourth-order valence-corrected chi connectivity index (χ4v) is 1.89. The highest BCUT2D eigenvalue weighted by molar-refractivity contribution is 14.0. The molecule has 7 nitrogen and oxygen atoms in total. The van der Waals surface area contributed by atoms with Crippen LogP contribution in [0.15, 0.2) is 23.2 Å². The number of rotatable bonds is 8. The Kier molecular flexibility index (Phi) is 12.5. The lowest BCUT2D eigenvalue weighted by molar-refractivity contribution is 0.0529.